The van der Waals surface area contributed by atoms with Gasteiger partial charge in [-0.15, -0.1) is 0 Å². The van der Waals surface area contributed by atoms with E-state index in [1.165, 1.54) is 6.07 Å². The number of anilines is 1. The smallest absolute Gasteiger partial charge is 0.255 e. The van der Waals surface area contributed by atoms with E-state index in [1.54, 1.807) is 17.6 Å². The third kappa shape index (κ3) is 6.41. The molecule has 0 saturated carbocycles. The third-order valence-corrected chi connectivity index (χ3v) is 6.44. The molecule has 1 heterocycles. The fourth-order valence-electron chi connectivity index (χ4n) is 3.62. The van der Waals surface area contributed by atoms with E-state index < -0.39 is 22.4 Å². The minimum atomic E-state index is -1.10. The van der Waals surface area contributed by atoms with E-state index >= 15 is 0 Å². The molecule has 34 heavy (non-hydrogen) atoms. The number of amides is 1. The molecule has 3 aromatic rings. The van der Waals surface area contributed by atoms with Crippen LogP contribution in [0.1, 0.15) is 40.5 Å². The van der Waals surface area contributed by atoms with Gasteiger partial charge in [-0.25, -0.2) is 8.78 Å². The molecule has 0 fully saturated rings. The molecule has 1 aromatic heterocycles. The number of halogens is 2. The molecule has 8 heteroatoms. The Labute approximate surface area is 201 Å². The summed E-state index contributed by atoms with van der Waals surface area (Å²) in [5, 5.41) is 4.45. The van der Waals surface area contributed by atoms with Gasteiger partial charge in [0.15, 0.2) is 11.6 Å². The second-order valence-corrected chi connectivity index (χ2v) is 9.53. The first kappa shape index (κ1) is 25.4. The minimum Gasteiger partial charge on any atom is -0.363 e. The number of nitrogens with one attached hydrogen (secondary N) is 1. The van der Waals surface area contributed by atoms with Gasteiger partial charge in [0, 0.05) is 54.8 Å². The maximum Gasteiger partial charge on any atom is 0.255 e. The first-order valence-electron chi connectivity index (χ1n) is 11.0. The largest absolute Gasteiger partial charge is 0.363 e. The van der Waals surface area contributed by atoms with Crippen molar-refractivity contribution in [1.29, 1.82) is 0 Å². The summed E-state index contributed by atoms with van der Waals surface area (Å²) in [7, 11) is 2.60. The Bertz CT molecular complexity index is 1190. The van der Waals surface area contributed by atoms with Crippen molar-refractivity contribution >= 4 is 28.6 Å². The molecule has 2 aromatic carbocycles. The summed E-state index contributed by atoms with van der Waals surface area (Å²) in [6, 6.07) is 15.2. The van der Waals surface area contributed by atoms with E-state index in [-0.39, 0.29) is 12.5 Å². The molecular weight excluding hydrogens is 456 g/mol. The SMILES string of the molecule is CCCS(=O)/C=C\c1cc(C(=O)NCc2ccc(F)c(F)c2)c(N(C)C)n1Cc1ccccc1. The van der Waals surface area contributed by atoms with E-state index in [9.17, 15) is 17.8 Å². The molecule has 1 N–H and O–H groups in total. The Morgan fingerprint density at radius 3 is 2.44 bits per heavy atom. The lowest BCUT2D eigenvalue weighted by Crippen LogP contribution is -2.26. The highest BCUT2D eigenvalue weighted by atomic mass is 32.2. The number of aromatic nitrogens is 1. The highest BCUT2D eigenvalue weighted by molar-refractivity contribution is 7.88. The lowest BCUT2D eigenvalue weighted by Gasteiger charge is -2.20. The first-order chi connectivity index (χ1) is 16.3. The maximum atomic E-state index is 13.5. The van der Waals surface area contributed by atoms with E-state index in [1.807, 2.05) is 60.8 Å². The van der Waals surface area contributed by atoms with Gasteiger partial charge in [-0.2, -0.15) is 0 Å². The summed E-state index contributed by atoms with van der Waals surface area (Å²) in [5.74, 6) is -0.975. The Hall–Kier alpha value is -3.26. The normalized spacial score (nSPS) is 12.1. The zero-order chi connectivity index (χ0) is 24.7. The monoisotopic (exact) mass is 485 g/mol. The summed E-state index contributed by atoms with van der Waals surface area (Å²) in [5.41, 5.74) is 2.69. The number of hydrogen-bond acceptors (Lipinski definition) is 3. The molecule has 0 aliphatic heterocycles. The highest BCUT2D eigenvalue weighted by Gasteiger charge is 2.21. The van der Waals surface area contributed by atoms with E-state index in [0.717, 1.165) is 29.8 Å². The lowest BCUT2D eigenvalue weighted by atomic mass is 10.2. The van der Waals surface area contributed by atoms with Gasteiger partial charge in [0.05, 0.1) is 5.56 Å². The number of carbonyl (C=O) groups is 1. The summed E-state index contributed by atoms with van der Waals surface area (Å²) in [6.07, 6.45) is 2.59. The molecule has 5 nitrogen and oxygen atoms in total. The second kappa shape index (κ2) is 11.7. The predicted molar refractivity (Wildman–Crippen MR) is 134 cm³/mol. The first-order valence-corrected chi connectivity index (χ1v) is 12.4. The van der Waals surface area contributed by atoms with Gasteiger partial charge in [0.2, 0.25) is 0 Å². The van der Waals surface area contributed by atoms with Crippen LogP contribution in [0.4, 0.5) is 14.6 Å². The fourth-order valence-corrected chi connectivity index (χ4v) is 4.45. The van der Waals surface area contributed by atoms with Gasteiger partial charge in [0.25, 0.3) is 5.91 Å². The van der Waals surface area contributed by atoms with Crippen LogP contribution < -0.4 is 10.2 Å². The van der Waals surface area contributed by atoms with Crippen molar-refractivity contribution in [3.8, 4) is 0 Å². The predicted octanol–water partition coefficient (Wildman–Crippen LogP) is 4.94. The van der Waals surface area contributed by atoms with Crippen LogP contribution in [0.2, 0.25) is 0 Å². The lowest BCUT2D eigenvalue weighted by molar-refractivity contribution is 0.0951. The summed E-state index contributed by atoms with van der Waals surface area (Å²) < 4.78 is 41.0. The van der Waals surface area contributed by atoms with Crippen LogP contribution in [-0.4, -0.2) is 34.5 Å². The molecule has 0 aliphatic rings. The molecule has 1 amide bonds. The molecule has 3 rings (SSSR count). The summed E-state index contributed by atoms with van der Waals surface area (Å²) in [4.78, 5) is 15.0. The van der Waals surface area contributed by atoms with Crippen LogP contribution in [0.5, 0.6) is 0 Å². The average Bonchev–Trinajstić information content (AvgIpc) is 3.17. The van der Waals surface area contributed by atoms with Crippen molar-refractivity contribution < 1.29 is 17.8 Å². The second-order valence-electron chi connectivity index (χ2n) is 8.09. The zero-order valence-corrected chi connectivity index (χ0v) is 20.4. The van der Waals surface area contributed by atoms with Crippen molar-refractivity contribution in [3.63, 3.8) is 0 Å². The Morgan fingerprint density at radius 1 is 1.06 bits per heavy atom. The average molecular weight is 486 g/mol. The molecule has 180 valence electrons. The van der Waals surface area contributed by atoms with Gasteiger partial charge < -0.3 is 14.8 Å². The van der Waals surface area contributed by atoms with Crippen molar-refractivity contribution in [3.05, 3.63) is 94.0 Å². The molecule has 0 aliphatic carbocycles. The Kier molecular flexibility index (Phi) is 8.76. The van der Waals surface area contributed by atoms with Gasteiger partial charge in [0.1, 0.15) is 5.82 Å². The molecule has 1 unspecified atom stereocenters. The number of rotatable bonds is 10. The quantitative estimate of drug-likeness (QED) is 0.443. The van der Waals surface area contributed by atoms with Crippen LogP contribution in [0, 0.1) is 11.6 Å². The highest BCUT2D eigenvalue weighted by Crippen LogP contribution is 2.27. The number of hydrogen-bond donors (Lipinski definition) is 1. The molecule has 0 spiro atoms. The standard InChI is InChI=1S/C26H29F2N3O2S/c1-4-13-34(33)14-12-21-16-22(25(32)29-17-20-10-11-23(27)24(28)15-20)26(30(2)3)31(21)18-19-8-6-5-7-9-19/h5-12,14-16H,4,13,17-18H2,1-3H3,(H,29,32)/b14-12-. The van der Waals surface area contributed by atoms with Gasteiger partial charge in [-0.1, -0.05) is 43.3 Å². The Morgan fingerprint density at radius 2 is 1.79 bits per heavy atom. The van der Waals surface area contributed by atoms with E-state index in [4.69, 9.17) is 0 Å². The number of carbonyl (C=O) groups excluding carboxylic acids is 1. The van der Waals surface area contributed by atoms with Gasteiger partial charge in [-0.05, 0) is 41.8 Å². The zero-order valence-electron chi connectivity index (χ0n) is 19.6. The van der Waals surface area contributed by atoms with E-state index in [2.05, 4.69) is 5.32 Å². The number of benzene rings is 2. The molecule has 1 atom stereocenters. The third-order valence-electron chi connectivity index (χ3n) is 5.19. The molecule has 0 saturated heterocycles. The van der Waals surface area contributed by atoms with E-state index in [0.29, 0.717) is 29.2 Å². The summed E-state index contributed by atoms with van der Waals surface area (Å²) in [6.45, 7) is 2.55. The molecule has 0 bridgehead atoms. The van der Waals surface area contributed by atoms with Crippen LogP contribution in [0.15, 0.2) is 60.0 Å². The molecule has 0 radical (unpaired) electrons. The number of nitrogens with zero attached hydrogens (tertiary/aromatic N) is 2. The molecular formula is C26H29F2N3O2S. The topological polar surface area (TPSA) is 54.3 Å². The van der Waals surface area contributed by atoms with Gasteiger partial charge in [-0.3, -0.25) is 9.00 Å². The van der Waals surface area contributed by atoms with Crippen molar-refractivity contribution in [2.75, 3.05) is 24.7 Å². The maximum absolute atomic E-state index is 13.5. The minimum absolute atomic E-state index is 0.0540. The van der Waals surface area contributed by atoms with Crippen molar-refractivity contribution in [2.45, 2.75) is 26.4 Å². The van der Waals surface area contributed by atoms with Crippen LogP contribution in [-0.2, 0) is 23.9 Å². The summed E-state index contributed by atoms with van der Waals surface area (Å²) >= 11 is 0. The van der Waals surface area contributed by atoms with Crippen molar-refractivity contribution in [2.24, 2.45) is 0 Å². The van der Waals surface area contributed by atoms with Crippen LogP contribution in [0.3, 0.4) is 0 Å². The van der Waals surface area contributed by atoms with Crippen LogP contribution in [0.25, 0.3) is 6.08 Å². The van der Waals surface area contributed by atoms with Crippen molar-refractivity contribution in [1.82, 2.24) is 9.88 Å². The van der Waals surface area contributed by atoms with Crippen LogP contribution >= 0.6 is 0 Å². The fraction of sp³-hybridized carbons (Fsp3) is 0.269. The Balaban J connectivity index is 1.96. The van der Waals surface area contributed by atoms with Gasteiger partial charge >= 0.3 is 0 Å².